The summed E-state index contributed by atoms with van der Waals surface area (Å²) in [6, 6.07) is 14.1. The molecule has 0 radical (unpaired) electrons. The molecule has 0 saturated carbocycles. The molecule has 0 aliphatic carbocycles. The molecule has 0 bridgehead atoms. The number of aryl methyl sites for hydroxylation is 4. The van der Waals surface area contributed by atoms with Crippen molar-refractivity contribution in [2.45, 2.75) is 34.2 Å². The van der Waals surface area contributed by atoms with E-state index in [-0.39, 0.29) is 24.9 Å². The molecule has 27 heavy (non-hydrogen) atoms. The SMILES string of the molecule is Cc1cc(C)c(NC(=O)CNC(=O)Cn2c(C)cc3ccccc32)c(C)c1. The summed E-state index contributed by atoms with van der Waals surface area (Å²) in [5.74, 6) is -0.417. The maximum absolute atomic E-state index is 12.3. The summed E-state index contributed by atoms with van der Waals surface area (Å²) in [6.07, 6.45) is 0. The third-order valence-electron chi connectivity index (χ3n) is 4.71. The van der Waals surface area contributed by atoms with E-state index >= 15 is 0 Å². The number of hydrogen-bond donors (Lipinski definition) is 2. The highest BCUT2D eigenvalue weighted by Gasteiger charge is 2.12. The Kier molecular flexibility index (Phi) is 5.31. The number of carbonyl (C=O) groups is 2. The van der Waals surface area contributed by atoms with Crippen LogP contribution in [0.2, 0.25) is 0 Å². The van der Waals surface area contributed by atoms with Gasteiger partial charge in [-0.1, -0.05) is 35.9 Å². The molecule has 1 heterocycles. The highest BCUT2D eigenvalue weighted by Crippen LogP contribution is 2.22. The molecule has 0 fully saturated rings. The smallest absolute Gasteiger partial charge is 0.243 e. The molecule has 2 N–H and O–H groups in total. The molecule has 0 aliphatic rings. The molecule has 0 aliphatic heterocycles. The lowest BCUT2D eigenvalue weighted by atomic mass is 10.1. The van der Waals surface area contributed by atoms with Gasteiger partial charge in [0.2, 0.25) is 11.8 Å². The highest BCUT2D eigenvalue weighted by atomic mass is 16.2. The van der Waals surface area contributed by atoms with Gasteiger partial charge >= 0.3 is 0 Å². The molecule has 2 aromatic carbocycles. The van der Waals surface area contributed by atoms with Gasteiger partial charge in [0.05, 0.1) is 6.54 Å². The number of carbonyl (C=O) groups excluding carboxylic acids is 2. The number of fused-ring (bicyclic) bond motifs is 1. The molecule has 0 saturated heterocycles. The second-order valence-electron chi connectivity index (χ2n) is 7.03. The van der Waals surface area contributed by atoms with Gasteiger partial charge in [0.25, 0.3) is 0 Å². The fourth-order valence-corrected chi connectivity index (χ4v) is 3.50. The van der Waals surface area contributed by atoms with E-state index in [1.807, 2.05) is 68.7 Å². The molecule has 3 aromatic rings. The number of para-hydroxylation sites is 1. The number of anilines is 1. The molecule has 5 heteroatoms. The second kappa shape index (κ2) is 7.66. The molecule has 140 valence electrons. The monoisotopic (exact) mass is 363 g/mol. The Morgan fingerprint density at radius 2 is 1.59 bits per heavy atom. The summed E-state index contributed by atoms with van der Waals surface area (Å²) in [5, 5.41) is 6.71. The van der Waals surface area contributed by atoms with Gasteiger partial charge in [0.15, 0.2) is 0 Å². The minimum Gasteiger partial charge on any atom is -0.345 e. The maximum Gasteiger partial charge on any atom is 0.243 e. The molecular formula is C22H25N3O2. The summed E-state index contributed by atoms with van der Waals surface area (Å²) in [4.78, 5) is 24.6. The summed E-state index contributed by atoms with van der Waals surface area (Å²) in [7, 11) is 0. The average Bonchev–Trinajstić information content (AvgIpc) is 2.92. The van der Waals surface area contributed by atoms with E-state index in [9.17, 15) is 9.59 Å². The van der Waals surface area contributed by atoms with Gasteiger partial charge in [-0.05, 0) is 56.3 Å². The predicted octanol–water partition coefficient (Wildman–Crippen LogP) is 3.63. The molecule has 3 rings (SSSR count). The predicted molar refractivity (Wildman–Crippen MR) is 109 cm³/mol. The highest BCUT2D eigenvalue weighted by molar-refractivity contribution is 5.96. The van der Waals surface area contributed by atoms with Gasteiger partial charge < -0.3 is 15.2 Å². The Morgan fingerprint density at radius 1 is 0.926 bits per heavy atom. The number of aromatic nitrogens is 1. The summed E-state index contributed by atoms with van der Waals surface area (Å²) in [6.45, 7) is 8.07. The standard InChI is InChI=1S/C22H25N3O2/c1-14-9-15(2)22(16(3)10-14)24-20(26)12-23-21(27)13-25-17(4)11-18-7-5-6-8-19(18)25/h5-11H,12-13H2,1-4H3,(H,23,27)(H,24,26). The van der Waals surface area contributed by atoms with E-state index in [1.165, 1.54) is 0 Å². The number of rotatable bonds is 5. The van der Waals surface area contributed by atoms with Crippen LogP contribution in [-0.4, -0.2) is 22.9 Å². The first-order chi connectivity index (χ1) is 12.8. The van der Waals surface area contributed by atoms with Crippen LogP contribution >= 0.6 is 0 Å². The number of amides is 2. The third kappa shape index (κ3) is 4.19. The zero-order valence-electron chi connectivity index (χ0n) is 16.2. The number of nitrogens with one attached hydrogen (secondary N) is 2. The Morgan fingerprint density at radius 3 is 2.30 bits per heavy atom. The number of hydrogen-bond acceptors (Lipinski definition) is 2. The Hall–Kier alpha value is -3.08. The van der Waals surface area contributed by atoms with Crippen molar-refractivity contribution in [1.82, 2.24) is 9.88 Å². The summed E-state index contributed by atoms with van der Waals surface area (Å²) in [5.41, 5.74) is 6.03. The van der Waals surface area contributed by atoms with Gasteiger partial charge in [-0.25, -0.2) is 0 Å². The maximum atomic E-state index is 12.3. The molecule has 2 amide bonds. The topological polar surface area (TPSA) is 63.1 Å². The minimum atomic E-state index is -0.229. The summed E-state index contributed by atoms with van der Waals surface area (Å²) >= 11 is 0. The first kappa shape index (κ1) is 18.7. The van der Waals surface area contributed by atoms with Crippen molar-refractivity contribution in [2.24, 2.45) is 0 Å². The van der Waals surface area contributed by atoms with Crippen molar-refractivity contribution in [1.29, 1.82) is 0 Å². The van der Waals surface area contributed by atoms with E-state index in [2.05, 4.69) is 16.7 Å². The van der Waals surface area contributed by atoms with E-state index in [0.717, 1.165) is 39.0 Å². The van der Waals surface area contributed by atoms with E-state index in [4.69, 9.17) is 0 Å². The Balaban J connectivity index is 1.61. The van der Waals surface area contributed by atoms with Crippen molar-refractivity contribution < 1.29 is 9.59 Å². The van der Waals surface area contributed by atoms with Crippen LogP contribution in [0.3, 0.4) is 0 Å². The molecule has 0 atom stereocenters. The normalized spacial score (nSPS) is 10.8. The van der Waals surface area contributed by atoms with Gasteiger partial charge in [0, 0.05) is 16.9 Å². The van der Waals surface area contributed by atoms with Gasteiger partial charge in [-0.2, -0.15) is 0 Å². The van der Waals surface area contributed by atoms with Crippen molar-refractivity contribution in [3.8, 4) is 0 Å². The molecule has 5 nitrogen and oxygen atoms in total. The zero-order valence-corrected chi connectivity index (χ0v) is 16.2. The summed E-state index contributed by atoms with van der Waals surface area (Å²) < 4.78 is 1.96. The first-order valence-corrected chi connectivity index (χ1v) is 9.04. The van der Waals surface area contributed by atoms with Crippen LogP contribution in [0.15, 0.2) is 42.5 Å². The van der Waals surface area contributed by atoms with Crippen molar-refractivity contribution >= 4 is 28.4 Å². The number of benzene rings is 2. The largest absolute Gasteiger partial charge is 0.345 e. The third-order valence-corrected chi connectivity index (χ3v) is 4.71. The fourth-order valence-electron chi connectivity index (χ4n) is 3.50. The van der Waals surface area contributed by atoms with Crippen LogP contribution in [0.1, 0.15) is 22.4 Å². The quantitative estimate of drug-likeness (QED) is 0.727. The lowest BCUT2D eigenvalue weighted by Gasteiger charge is -2.13. The second-order valence-corrected chi connectivity index (χ2v) is 7.03. The fraction of sp³-hybridized carbons (Fsp3) is 0.273. The van der Waals surface area contributed by atoms with E-state index < -0.39 is 0 Å². The van der Waals surface area contributed by atoms with Crippen LogP contribution < -0.4 is 10.6 Å². The lowest BCUT2D eigenvalue weighted by molar-refractivity contribution is -0.124. The lowest BCUT2D eigenvalue weighted by Crippen LogP contribution is -2.35. The van der Waals surface area contributed by atoms with E-state index in [1.54, 1.807) is 0 Å². The molecule has 1 aromatic heterocycles. The van der Waals surface area contributed by atoms with Gasteiger partial charge in [-0.3, -0.25) is 9.59 Å². The number of nitrogens with zero attached hydrogens (tertiary/aromatic N) is 1. The van der Waals surface area contributed by atoms with Gasteiger partial charge in [0.1, 0.15) is 6.54 Å². The van der Waals surface area contributed by atoms with Crippen LogP contribution in [0.5, 0.6) is 0 Å². The van der Waals surface area contributed by atoms with Crippen LogP contribution in [0.25, 0.3) is 10.9 Å². The van der Waals surface area contributed by atoms with Crippen LogP contribution in [0, 0.1) is 27.7 Å². The Bertz CT molecular complexity index is 995. The zero-order chi connectivity index (χ0) is 19.6. The molecule has 0 unspecified atom stereocenters. The van der Waals surface area contributed by atoms with Gasteiger partial charge in [-0.15, -0.1) is 0 Å². The van der Waals surface area contributed by atoms with Crippen LogP contribution in [-0.2, 0) is 16.1 Å². The van der Waals surface area contributed by atoms with Crippen molar-refractivity contribution in [3.63, 3.8) is 0 Å². The first-order valence-electron chi connectivity index (χ1n) is 9.04. The van der Waals surface area contributed by atoms with Crippen LogP contribution in [0.4, 0.5) is 5.69 Å². The Labute approximate surface area is 159 Å². The average molecular weight is 363 g/mol. The minimum absolute atomic E-state index is 0.0517. The van der Waals surface area contributed by atoms with Crippen molar-refractivity contribution in [2.75, 3.05) is 11.9 Å². The van der Waals surface area contributed by atoms with Crippen molar-refractivity contribution in [3.05, 3.63) is 64.8 Å². The molecule has 0 spiro atoms. The van der Waals surface area contributed by atoms with E-state index in [0.29, 0.717) is 0 Å². The molecular weight excluding hydrogens is 338 g/mol.